The number of nitro benzene ring substituents is 2. The first kappa shape index (κ1) is 16.9. The average Bonchev–Trinajstić information content (AvgIpc) is 3.00. The quantitative estimate of drug-likeness (QED) is 0.367. The molecule has 0 fully saturated rings. The first-order valence-corrected chi connectivity index (χ1v) is 8.51. The van der Waals surface area contributed by atoms with Crippen molar-refractivity contribution in [1.82, 2.24) is 0 Å². The normalized spacial score (nSPS) is 18.3. The van der Waals surface area contributed by atoms with Crippen LogP contribution < -0.4 is 4.74 Å². The van der Waals surface area contributed by atoms with Crippen LogP contribution in [0.25, 0.3) is 0 Å². The minimum absolute atomic E-state index is 0.0190. The first-order chi connectivity index (χ1) is 13.9. The van der Waals surface area contributed by atoms with Gasteiger partial charge in [0, 0.05) is 17.2 Å². The van der Waals surface area contributed by atoms with Gasteiger partial charge in [0.25, 0.3) is 0 Å². The SMILES string of the molecule is O=C1OC2(c3ccccc3Oc3ccc([N+](=O)[O-])c([N+](=O)[O-])c32)c2ccccc21. The Morgan fingerprint density at radius 2 is 1.48 bits per heavy atom. The van der Waals surface area contributed by atoms with Crippen molar-refractivity contribution in [3.8, 4) is 11.5 Å². The van der Waals surface area contributed by atoms with E-state index in [1.165, 1.54) is 6.07 Å². The summed E-state index contributed by atoms with van der Waals surface area (Å²) in [5.41, 5.74) is -2.43. The van der Waals surface area contributed by atoms with Gasteiger partial charge in [0.15, 0.2) is 0 Å². The molecule has 2 heterocycles. The number of esters is 1. The summed E-state index contributed by atoms with van der Waals surface area (Å²) < 4.78 is 11.6. The number of hydrogen-bond donors (Lipinski definition) is 0. The van der Waals surface area contributed by atoms with Crippen LogP contribution in [-0.4, -0.2) is 15.8 Å². The molecule has 0 aliphatic carbocycles. The van der Waals surface area contributed by atoms with E-state index in [1.54, 1.807) is 48.5 Å². The second-order valence-electron chi connectivity index (χ2n) is 6.54. The zero-order valence-corrected chi connectivity index (χ0v) is 14.5. The lowest BCUT2D eigenvalue weighted by atomic mass is 9.77. The van der Waals surface area contributed by atoms with Gasteiger partial charge in [0.2, 0.25) is 5.60 Å². The van der Waals surface area contributed by atoms with Gasteiger partial charge in [-0.1, -0.05) is 36.4 Å². The van der Waals surface area contributed by atoms with Crippen LogP contribution in [0, 0.1) is 20.2 Å². The molecule has 9 nitrogen and oxygen atoms in total. The predicted octanol–water partition coefficient (Wildman–Crippen LogP) is 4.07. The molecular weight excluding hydrogens is 380 g/mol. The number of carbonyl (C=O) groups is 1. The van der Waals surface area contributed by atoms with Gasteiger partial charge in [0.05, 0.1) is 15.4 Å². The van der Waals surface area contributed by atoms with Crippen LogP contribution in [0.3, 0.4) is 0 Å². The highest BCUT2D eigenvalue weighted by Crippen LogP contribution is 2.59. The Balaban J connectivity index is 1.99. The van der Waals surface area contributed by atoms with Crippen molar-refractivity contribution in [3.63, 3.8) is 0 Å². The lowest BCUT2D eigenvalue weighted by molar-refractivity contribution is -0.423. The van der Waals surface area contributed by atoms with Crippen LogP contribution in [0.4, 0.5) is 11.4 Å². The molecule has 142 valence electrons. The minimum atomic E-state index is -1.73. The van der Waals surface area contributed by atoms with Gasteiger partial charge >= 0.3 is 17.3 Å². The molecule has 29 heavy (non-hydrogen) atoms. The monoisotopic (exact) mass is 390 g/mol. The zero-order chi connectivity index (χ0) is 20.3. The Morgan fingerprint density at radius 3 is 2.21 bits per heavy atom. The topological polar surface area (TPSA) is 122 Å². The maximum atomic E-state index is 12.7. The summed E-state index contributed by atoms with van der Waals surface area (Å²) in [7, 11) is 0. The number of nitrogens with zero attached hydrogens (tertiary/aromatic N) is 2. The number of benzene rings is 3. The van der Waals surface area contributed by atoms with Gasteiger partial charge in [-0.15, -0.1) is 0 Å². The number of fused-ring (bicyclic) bond motifs is 6. The molecule has 0 bridgehead atoms. The van der Waals surface area contributed by atoms with E-state index in [1.807, 2.05) is 0 Å². The van der Waals surface area contributed by atoms with E-state index in [0.717, 1.165) is 6.07 Å². The van der Waals surface area contributed by atoms with Crippen molar-refractivity contribution < 1.29 is 24.1 Å². The number of para-hydroxylation sites is 1. The van der Waals surface area contributed by atoms with Gasteiger partial charge in [-0.2, -0.15) is 0 Å². The van der Waals surface area contributed by atoms with E-state index in [4.69, 9.17) is 9.47 Å². The van der Waals surface area contributed by atoms with E-state index >= 15 is 0 Å². The predicted molar refractivity (Wildman–Crippen MR) is 98.0 cm³/mol. The molecule has 3 aromatic rings. The van der Waals surface area contributed by atoms with Crippen LogP contribution in [0.5, 0.6) is 11.5 Å². The maximum absolute atomic E-state index is 12.7. The van der Waals surface area contributed by atoms with Gasteiger partial charge in [0.1, 0.15) is 17.1 Å². The van der Waals surface area contributed by atoms with Crippen LogP contribution in [0.15, 0.2) is 60.7 Å². The maximum Gasteiger partial charge on any atom is 0.357 e. The molecule has 0 aromatic heterocycles. The van der Waals surface area contributed by atoms with E-state index in [-0.39, 0.29) is 16.9 Å². The second-order valence-corrected chi connectivity index (χ2v) is 6.54. The standard InChI is InChI=1S/C20H10N2O7/c23-19-11-5-1-2-6-12(11)20(29-19)13-7-3-4-8-15(13)28-16-10-9-14(21(24)25)18(17(16)20)22(26)27/h1-10H. The Morgan fingerprint density at radius 1 is 0.793 bits per heavy atom. The Hall–Kier alpha value is -4.27. The van der Waals surface area contributed by atoms with Crippen LogP contribution >= 0.6 is 0 Å². The Labute approximate surface area is 162 Å². The largest absolute Gasteiger partial charge is 0.456 e. The molecule has 1 spiro atoms. The Kier molecular flexibility index (Phi) is 3.27. The minimum Gasteiger partial charge on any atom is -0.456 e. The van der Waals surface area contributed by atoms with Crippen molar-refractivity contribution >= 4 is 17.3 Å². The van der Waals surface area contributed by atoms with E-state index < -0.39 is 32.8 Å². The molecule has 0 amide bonds. The van der Waals surface area contributed by atoms with E-state index in [9.17, 15) is 25.0 Å². The van der Waals surface area contributed by atoms with Crippen LogP contribution in [0.2, 0.25) is 0 Å². The third kappa shape index (κ3) is 2.06. The van der Waals surface area contributed by atoms with Gasteiger partial charge < -0.3 is 9.47 Å². The molecule has 1 unspecified atom stereocenters. The summed E-state index contributed by atoms with van der Waals surface area (Å²) in [5.74, 6) is -0.317. The molecule has 3 aromatic carbocycles. The van der Waals surface area contributed by atoms with Gasteiger partial charge in [-0.3, -0.25) is 20.2 Å². The summed E-state index contributed by atoms with van der Waals surface area (Å²) in [6.07, 6.45) is 0. The molecule has 0 radical (unpaired) electrons. The molecule has 0 saturated carbocycles. The van der Waals surface area contributed by atoms with Crippen LogP contribution in [0.1, 0.15) is 27.0 Å². The number of hydrogen-bond acceptors (Lipinski definition) is 7. The molecule has 2 aliphatic heterocycles. The fourth-order valence-electron chi connectivity index (χ4n) is 4.02. The highest BCUT2D eigenvalue weighted by molar-refractivity contribution is 5.97. The third-order valence-corrected chi connectivity index (χ3v) is 5.11. The molecule has 0 N–H and O–H groups in total. The third-order valence-electron chi connectivity index (χ3n) is 5.11. The molecular formula is C20H10N2O7. The highest BCUT2D eigenvalue weighted by atomic mass is 16.6. The smallest absolute Gasteiger partial charge is 0.357 e. The summed E-state index contributed by atoms with van der Waals surface area (Å²) in [6, 6.07) is 15.4. The first-order valence-electron chi connectivity index (χ1n) is 8.51. The second kappa shape index (κ2) is 5.61. The summed E-state index contributed by atoms with van der Waals surface area (Å²) in [4.78, 5) is 34.5. The molecule has 9 heteroatoms. The van der Waals surface area contributed by atoms with Crippen molar-refractivity contribution in [3.05, 3.63) is 103 Å². The number of rotatable bonds is 2. The summed E-state index contributed by atoms with van der Waals surface area (Å²) in [5, 5.41) is 23.5. The average molecular weight is 390 g/mol. The number of carbonyl (C=O) groups excluding carboxylic acids is 1. The van der Waals surface area contributed by atoms with Crippen molar-refractivity contribution in [1.29, 1.82) is 0 Å². The number of nitro groups is 2. The lowest BCUT2D eigenvalue weighted by Crippen LogP contribution is -2.34. The van der Waals surface area contributed by atoms with E-state index in [2.05, 4.69) is 0 Å². The Bertz CT molecular complexity index is 1250. The van der Waals surface area contributed by atoms with Gasteiger partial charge in [-0.05, 0) is 18.2 Å². The molecule has 2 aliphatic rings. The molecule has 5 rings (SSSR count). The fraction of sp³-hybridized carbons (Fsp3) is 0.0500. The van der Waals surface area contributed by atoms with E-state index in [0.29, 0.717) is 16.9 Å². The summed E-state index contributed by atoms with van der Waals surface area (Å²) in [6.45, 7) is 0. The fourth-order valence-corrected chi connectivity index (χ4v) is 4.02. The van der Waals surface area contributed by atoms with Crippen molar-refractivity contribution in [2.75, 3.05) is 0 Å². The van der Waals surface area contributed by atoms with Gasteiger partial charge in [-0.25, -0.2) is 4.79 Å². The van der Waals surface area contributed by atoms with Crippen LogP contribution in [-0.2, 0) is 10.3 Å². The highest BCUT2D eigenvalue weighted by Gasteiger charge is 2.58. The lowest BCUT2D eigenvalue weighted by Gasteiger charge is -2.35. The zero-order valence-electron chi connectivity index (χ0n) is 14.5. The molecule has 0 saturated heterocycles. The van der Waals surface area contributed by atoms with Crippen molar-refractivity contribution in [2.45, 2.75) is 5.60 Å². The molecule has 1 atom stereocenters. The summed E-state index contributed by atoms with van der Waals surface area (Å²) >= 11 is 0. The number of ether oxygens (including phenoxy) is 2. The van der Waals surface area contributed by atoms with Crippen molar-refractivity contribution in [2.24, 2.45) is 0 Å².